The minimum Gasteiger partial charge on any atom is -0.368 e. The second kappa shape index (κ2) is 6.15. The van der Waals surface area contributed by atoms with Crippen LogP contribution in [0.15, 0.2) is 18.2 Å². The van der Waals surface area contributed by atoms with E-state index in [2.05, 4.69) is 49.2 Å². The fourth-order valence-electron chi connectivity index (χ4n) is 2.36. The Bertz CT molecular complexity index is 427. The van der Waals surface area contributed by atoms with Gasteiger partial charge < -0.3 is 10.2 Å². The van der Waals surface area contributed by atoms with Gasteiger partial charge in [-0.05, 0) is 64.3 Å². The first-order valence-corrected chi connectivity index (χ1v) is 7.64. The van der Waals surface area contributed by atoms with E-state index in [0.29, 0.717) is 12.1 Å². The van der Waals surface area contributed by atoms with Crippen LogP contribution in [0, 0.1) is 5.92 Å². The Kier molecular flexibility index (Phi) is 4.75. The lowest BCUT2D eigenvalue weighted by atomic mass is 10.1. The van der Waals surface area contributed by atoms with Crippen LogP contribution in [0.4, 0.5) is 5.69 Å². The van der Waals surface area contributed by atoms with Gasteiger partial charge in [-0.2, -0.15) is 0 Å². The third-order valence-electron chi connectivity index (χ3n) is 3.99. The lowest BCUT2D eigenvalue weighted by molar-refractivity contribution is 0.640. The highest BCUT2D eigenvalue weighted by Gasteiger charge is 2.26. The van der Waals surface area contributed by atoms with Gasteiger partial charge in [0.25, 0.3) is 0 Å². The van der Waals surface area contributed by atoms with Gasteiger partial charge in [0.15, 0.2) is 0 Å². The molecule has 1 aliphatic carbocycles. The number of hydrogen-bond acceptors (Lipinski definition) is 2. The first-order valence-electron chi connectivity index (χ1n) is 7.26. The molecule has 1 aromatic rings. The molecule has 0 heterocycles. The zero-order chi connectivity index (χ0) is 14.0. The lowest BCUT2D eigenvalue weighted by Crippen LogP contribution is -2.33. The largest absolute Gasteiger partial charge is 0.368 e. The van der Waals surface area contributed by atoms with Gasteiger partial charge in [-0.15, -0.1) is 0 Å². The first kappa shape index (κ1) is 14.7. The van der Waals surface area contributed by atoms with Crippen molar-refractivity contribution in [1.82, 2.24) is 5.32 Å². The molecule has 1 saturated carbocycles. The zero-order valence-corrected chi connectivity index (χ0v) is 13.2. The molecular weight excluding hydrogens is 256 g/mol. The fraction of sp³-hybridized carbons (Fsp3) is 0.625. The van der Waals surface area contributed by atoms with Crippen molar-refractivity contribution < 1.29 is 0 Å². The summed E-state index contributed by atoms with van der Waals surface area (Å²) in [5.41, 5.74) is 2.42. The third kappa shape index (κ3) is 3.64. The van der Waals surface area contributed by atoms with E-state index in [4.69, 9.17) is 11.6 Å². The average Bonchev–Trinajstić information content (AvgIpc) is 3.19. The summed E-state index contributed by atoms with van der Waals surface area (Å²) in [5.74, 6) is 0.870. The molecule has 1 atom stereocenters. The maximum atomic E-state index is 6.50. The smallest absolute Gasteiger partial charge is 0.0642 e. The zero-order valence-electron chi connectivity index (χ0n) is 12.4. The molecule has 0 amide bonds. The van der Waals surface area contributed by atoms with Crippen LogP contribution in [-0.4, -0.2) is 19.6 Å². The number of rotatable bonds is 6. The Morgan fingerprint density at radius 3 is 2.47 bits per heavy atom. The Morgan fingerprint density at radius 2 is 2.00 bits per heavy atom. The van der Waals surface area contributed by atoms with Gasteiger partial charge in [0, 0.05) is 18.6 Å². The Hall–Kier alpha value is -0.730. The molecule has 1 N–H and O–H groups in total. The fourth-order valence-corrected chi connectivity index (χ4v) is 2.66. The molecule has 3 heteroatoms. The number of nitrogens with one attached hydrogen (secondary N) is 1. The quantitative estimate of drug-likeness (QED) is 0.838. The van der Waals surface area contributed by atoms with Crippen molar-refractivity contribution in [3.63, 3.8) is 0 Å². The van der Waals surface area contributed by atoms with Gasteiger partial charge in [0.1, 0.15) is 0 Å². The summed E-state index contributed by atoms with van der Waals surface area (Å²) in [6, 6.07) is 7.28. The van der Waals surface area contributed by atoms with Crippen LogP contribution >= 0.6 is 11.6 Å². The molecular formula is C16H25ClN2. The van der Waals surface area contributed by atoms with E-state index in [-0.39, 0.29) is 0 Å². The molecule has 0 aromatic heterocycles. The van der Waals surface area contributed by atoms with Gasteiger partial charge in [-0.1, -0.05) is 17.7 Å². The minimum absolute atomic E-state index is 0.336. The Balaban J connectivity index is 2.21. The summed E-state index contributed by atoms with van der Waals surface area (Å²) < 4.78 is 0. The minimum atomic E-state index is 0.336. The van der Waals surface area contributed by atoms with E-state index in [1.165, 1.54) is 24.1 Å². The maximum Gasteiger partial charge on any atom is 0.0642 e. The van der Waals surface area contributed by atoms with Crippen molar-refractivity contribution in [2.24, 2.45) is 5.92 Å². The van der Waals surface area contributed by atoms with Crippen molar-refractivity contribution in [2.75, 3.05) is 18.5 Å². The maximum absolute atomic E-state index is 6.50. The van der Waals surface area contributed by atoms with Crippen LogP contribution in [-0.2, 0) is 0 Å². The van der Waals surface area contributed by atoms with Crippen LogP contribution < -0.4 is 10.2 Å². The highest BCUT2D eigenvalue weighted by molar-refractivity contribution is 6.33. The normalized spacial score (nSPS) is 16.7. The molecule has 0 aliphatic heterocycles. The predicted molar refractivity (Wildman–Crippen MR) is 84.1 cm³/mol. The Morgan fingerprint density at radius 1 is 1.32 bits per heavy atom. The monoisotopic (exact) mass is 280 g/mol. The summed E-state index contributed by atoms with van der Waals surface area (Å²) in [4.78, 5) is 2.44. The van der Waals surface area contributed by atoms with Gasteiger partial charge in [-0.3, -0.25) is 0 Å². The third-order valence-corrected chi connectivity index (χ3v) is 4.29. The van der Waals surface area contributed by atoms with E-state index in [9.17, 15) is 0 Å². The average molecular weight is 281 g/mol. The second-order valence-electron chi connectivity index (χ2n) is 5.91. The number of nitrogens with zero attached hydrogens (tertiary/aromatic N) is 1. The van der Waals surface area contributed by atoms with Gasteiger partial charge in [-0.25, -0.2) is 0 Å². The summed E-state index contributed by atoms with van der Waals surface area (Å²) >= 11 is 6.50. The molecule has 0 spiro atoms. The number of benzene rings is 1. The van der Waals surface area contributed by atoms with Crippen LogP contribution in [0.25, 0.3) is 0 Å². The van der Waals surface area contributed by atoms with Crippen molar-refractivity contribution in [2.45, 2.75) is 45.7 Å². The molecule has 2 rings (SSSR count). The lowest BCUT2D eigenvalue weighted by Gasteiger charge is -2.30. The van der Waals surface area contributed by atoms with E-state index in [1.807, 2.05) is 7.05 Å². The molecule has 1 fully saturated rings. The molecule has 106 valence electrons. The van der Waals surface area contributed by atoms with Crippen LogP contribution in [0.3, 0.4) is 0 Å². The summed E-state index contributed by atoms with van der Waals surface area (Å²) in [6.45, 7) is 7.76. The highest BCUT2D eigenvalue weighted by atomic mass is 35.5. The SMILES string of the molecule is CNC(C)c1ccc(N(CC2CC2)C(C)C)c(Cl)c1. The van der Waals surface area contributed by atoms with Gasteiger partial charge in [0.2, 0.25) is 0 Å². The molecule has 1 aromatic carbocycles. The summed E-state index contributed by atoms with van der Waals surface area (Å²) in [6.07, 6.45) is 2.74. The van der Waals surface area contributed by atoms with Gasteiger partial charge >= 0.3 is 0 Å². The van der Waals surface area contributed by atoms with E-state index in [1.54, 1.807) is 0 Å². The second-order valence-corrected chi connectivity index (χ2v) is 6.32. The molecule has 0 bridgehead atoms. The van der Waals surface area contributed by atoms with E-state index in [0.717, 1.165) is 17.5 Å². The highest BCUT2D eigenvalue weighted by Crippen LogP contribution is 2.35. The molecule has 2 nitrogen and oxygen atoms in total. The van der Waals surface area contributed by atoms with Crippen molar-refractivity contribution >= 4 is 17.3 Å². The molecule has 0 radical (unpaired) electrons. The van der Waals surface area contributed by atoms with Crippen LogP contribution in [0.2, 0.25) is 5.02 Å². The first-order chi connectivity index (χ1) is 9.02. The predicted octanol–water partition coefficient (Wildman–Crippen LogP) is 4.25. The molecule has 19 heavy (non-hydrogen) atoms. The van der Waals surface area contributed by atoms with Crippen LogP contribution in [0.1, 0.15) is 45.2 Å². The number of anilines is 1. The van der Waals surface area contributed by atoms with E-state index >= 15 is 0 Å². The van der Waals surface area contributed by atoms with Crippen molar-refractivity contribution in [3.05, 3.63) is 28.8 Å². The number of hydrogen-bond donors (Lipinski definition) is 1. The summed E-state index contributed by atoms with van der Waals surface area (Å²) in [7, 11) is 1.97. The molecule has 0 saturated heterocycles. The number of halogens is 1. The van der Waals surface area contributed by atoms with Crippen LogP contribution in [0.5, 0.6) is 0 Å². The van der Waals surface area contributed by atoms with Gasteiger partial charge in [0.05, 0.1) is 10.7 Å². The Labute approximate surface area is 122 Å². The topological polar surface area (TPSA) is 15.3 Å². The van der Waals surface area contributed by atoms with Crippen molar-refractivity contribution in [3.8, 4) is 0 Å². The molecule has 1 unspecified atom stereocenters. The van der Waals surface area contributed by atoms with Crippen molar-refractivity contribution in [1.29, 1.82) is 0 Å². The van der Waals surface area contributed by atoms with E-state index < -0.39 is 0 Å². The molecule has 1 aliphatic rings. The summed E-state index contributed by atoms with van der Waals surface area (Å²) in [5, 5.41) is 4.12. The standard InChI is InChI=1S/C16H25ClN2/c1-11(2)19(10-13-5-6-13)16-8-7-14(9-15(16)17)12(3)18-4/h7-9,11-13,18H,5-6,10H2,1-4H3.